The number of nitrogens with one attached hydrogen (secondary N) is 2. The highest BCUT2D eigenvalue weighted by molar-refractivity contribution is 5.79. The summed E-state index contributed by atoms with van der Waals surface area (Å²) in [5, 5.41) is 6.86. The molecule has 0 amide bonds. The first kappa shape index (κ1) is 16.3. The van der Waals surface area contributed by atoms with Gasteiger partial charge < -0.3 is 15.4 Å². The number of aliphatic imine (C=N–C) groups is 1. The van der Waals surface area contributed by atoms with Gasteiger partial charge in [-0.25, -0.2) is 0 Å². The van der Waals surface area contributed by atoms with E-state index < -0.39 is 0 Å². The largest absolute Gasteiger partial charge is 0.377 e. The van der Waals surface area contributed by atoms with Gasteiger partial charge in [0.1, 0.15) is 0 Å². The molecule has 0 heterocycles. The monoisotopic (exact) mass is 315 g/mol. The van der Waals surface area contributed by atoms with Gasteiger partial charge in [-0.05, 0) is 55.6 Å². The Bertz CT molecular complexity index is 582. The number of fused-ring (bicyclic) bond motifs is 3. The second-order valence-electron chi connectivity index (χ2n) is 7.36. The van der Waals surface area contributed by atoms with Crippen molar-refractivity contribution in [2.45, 2.75) is 38.2 Å². The van der Waals surface area contributed by atoms with Gasteiger partial charge in [-0.2, -0.15) is 0 Å². The van der Waals surface area contributed by atoms with Gasteiger partial charge in [0.2, 0.25) is 0 Å². The van der Waals surface area contributed by atoms with Crippen molar-refractivity contribution in [1.82, 2.24) is 10.6 Å². The van der Waals surface area contributed by atoms with Gasteiger partial charge in [0, 0.05) is 27.2 Å². The first-order chi connectivity index (χ1) is 11.1. The second-order valence-corrected chi connectivity index (χ2v) is 7.36. The first-order valence-electron chi connectivity index (χ1n) is 8.63. The molecule has 3 atom stereocenters. The molecule has 0 aliphatic heterocycles. The standard InChI is InChI=1S/C19H29N3O/c1-19(2,23-4)12-22-18(20-3)21-11-16-15-10-9-13-7-5-6-8-14(13)17(15)16/h5-8,15-17H,9-12H2,1-4H3,(H2,20,21,22). The topological polar surface area (TPSA) is 45.7 Å². The quantitative estimate of drug-likeness (QED) is 0.648. The van der Waals surface area contributed by atoms with Crippen molar-refractivity contribution < 1.29 is 4.74 Å². The zero-order valence-electron chi connectivity index (χ0n) is 14.7. The second kappa shape index (κ2) is 6.52. The maximum Gasteiger partial charge on any atom is 0.191 e. The molecule has 1 aromatic rings. The van der Waals surface area contributed by atoms with E-state index in [2.05, 4.69) is 53.7 Å². The number of aryl methyl sites for hydroxylation is 1. The number of nitrogens with zero attached hydrogens (tertiary/aromatic N) is 1. The van der Waals surface area contributed by atoms with Crippen LogP contribution in [0.15, 0.2) is 29.3 Å². The molecule has 2 aliphatic rings. The molecular formula is C19H29N3O. The third-order valence-corrected chi connectivity index (χ3v) is 5.46. The van der Waals surface area contributed by atoms with Crippen LogP contribution >= 0.6 is 0 Å². The normalized spacial score (nSPS) is 26.3. The maximum absolute atomic E-state index is 5.44. The number of guanidine groups is 1. The van der Waals surface area contributed by atoms with Crippen LogP contribution in [0.2, 0.25) is 0 Å². The highest BCUT2D eigenvalue weighted by Crippen LogP contribution is 2.59. The summed E-state index contributed by atoms with van der Waals surface area (Å²) in [6.07, 6.45) is 2.57. The summed E-state index contributed by atoms with van der Waals surface area (Å²) in [4.78, 5) is 4.33. The van der Waals surface area contributed by atoms with E-state index in [1.54, 1.807) is 18.2 Å². The van der Waals surface area contributed by atoms with Crippen LogP contribution in [0.25, 0.3) is 0 Å². The van der Waals surface area contributed by atoms with Crippen molar-refractivity contribution in [3.63, 3.8) is 0 Å². The Hall–Kier alpha value is -1.55. The Morgan fingerprint density at radius 3 is 2.83 bits per heavy atom. The van der Waals surface area contributed by atoms with Crippen LogP contribution in [-0.4, -0.2) is 38.8 Å². The van der Waals surface area contributed by atoms with E-state index in [0.717, 1.165) is 36.8 Å². The lowest BCUT2D eigenvalue weighted by Gasteiger charge is -2.24. The number of methoxy groups -OCH3 is 1. The van der Waals surface area contributed by atoms with E-state index in [1.165, 1.54) is 12.8 Å². The SMILES string of the molecule is CN=C(NCC1C2CCc3ccccc3C21)NCC(C)(C)OC. The van der Waals surface area contributed by atoms with Crippen LogP contribution in [0.3, 0.4) is 0 Å². The summed E-state index contributed by atoms with van der Waals surface area (Å²) in [5.74, 6) is 3.21. The molecule has 1 fully saturated rings. The zero-order valence-corrected chi connectivity index (χ0v) is 14.7. The molecule has 1 aromatic carbocycles. The Morgan fingerprint density at radius 2 is 2.09 bits per heavy atom. The van der Waals surface area contributed by atoms with Crippen molar-refractivity contribution in [3.05, 3.63) is 35.4 Å². The molecule has 3 rings (SSSR count). The Labute approximate surface area is 139 Å². The smallest absolute Gasteiger partial charge is 0.191 e. The van der Waals surface area contributed by atoms with E-state index >= 15 is 0 Å². The summed E-state index contributed by atoms with van der Waals surface area (Å²) < 4.78 is 5.44. The Kier molecular flexibility index (Phi) is 4.62. The van der Waals surface area contributed by atoms with Gasteiger partial charge in [-0.15, -0.1) is 0 Å². The number of ether oxygens (including phenoxy) is 1. The Morgan fingerprint density at radius 1 is 1.30 bits per heavy atom. The van der Waals surface area contributed by atoms with Crippen LogP contribution in [0.4, 0.5) is 0 Å². The molecule has 0 aromatic heterocycles. The summed E-state index contributed by atoms with van der Waals surface area (Å²) in [7, 11) is 3.56. The molecule has 1 saturated carbocycles. The van der Waals surface area contributed by atoms with Gasteiger partial charge in [-0.3, -0.25) is 4.99 Å². The van der Waals surface area contributed by atoms with Gasteiger partial charge >= 0.3 is 0 Å². The molecule has 4 heteroatoms. The average molecular weight is 315 g/mol. The third-order valence-electron chi connectivity index (χ3n) is 5.46. The van der Waals surface area contributed by atoms with Crippen LogP contribution in [0, 0.1) is 11.8 Å². The van der Waals surface area contributed by atoms with E-state index in [0.29, 0.717) is 0 Å². The number of hydrogen-bond donors (Lipinski definition) is 2. The first-order valence-corrected chi connectivity index (χ1v) is 8.63. The van der Waals surface area contributed by atoms with Crippen LogP contribution in [0.1, 0.15) is 37.3 Å². The van der Waals surface area contributed by atoms with E-state index in [4.69, 9.17) is 4.74 Å². The number of hydrogen-bond acceptors (Lipinski definition) is 2. The number of rotatable bonds is 5. The zero-order chi connectivity index (χ0) is 16.4. The molecule has 23 heavy (non-hydrogen) atoms. The summed E-state index contributed by atoms with van der Waals surface area (Å²) in [6, 6.07) is 8.96. The molecule has 0 saturated heterocycles. The van der Waals surface area contributed by atoms with Gasteiger partial charge in [0.25, 0.3) is 0 Å². The summed E-state index contributed by atoms with van der Waals surface area (Å²) in [6.45, 7) is 5.87. The van der Waals surface area contributed by atoms with Crippen LogP contribution in [0.5, 0.6) is 0 Å². The Balaban J connectivity index is 1.52. The van der Waals surface area contributed by atoms with Crippen molar-refractivity contribution in [2.24, 2.45) is 16.8 Å². The molecule has 0 bridgehead atoms. The molecule has 2 N–H and O–H groups in total. The highest BCUT2D eigenvalue weighted by atomic mass is 16.5. The third kappa shape index (κ3) is 3.52. The van der Waals surface area contributed by atoms with Crippen molar-refractivity contribution in [1.29, 1.82) is 0 Å². The summed E-state index contributed by atoms with van der Waals surface area (Å²) >= 11 is 0. The van der Waals surface area contributed by atoms with E-state index in [-0.39, 0.29) is 5.60 Å². The van der Waals surface area contributed by atoms with Gasteiger partial charge in [0.15, 0.2) is 5.96 Å². The van der Waals surface area contributed by atoms with E-state index in [1.807, 2.05) is 7.05 Å². The van der Waals surface area contributed by atoms with Crippen molar-refractivity contribution in [2.75, 3.05) is 27.2 Å². The lowest BCUT2D eigenvalue weighted by atomic mass is 9.92. The van der Waals surface area contributed by atoms with Gasteiger partial charge in [-0.1, -0.05) is 24.3 Å². The van der Waals surface area contributed by atoms with Crippen LogP contribution < -0.4 is 10.6 Å². The molecular weight excluding hydrogens is 286 g/mol. The molecule has 0 spiro atoms. The average Bonchev–Trinajstić information content (AvgIpc) is 3.29. The van der Waals surface area contributed by atoms with Crippen molar-refractivity contribution in [3.8, 4) is 0 Å². The lowest BCUT2D eigenvalue weighted by Crippen LogP contribution is -2.45. The molecule has 2 aliphatic carbocycles. The summed E-state index contributed by atoms with van der Waals surface area (Å²) in [5.41, 5.74) is 2.95. The minimum absolute atomic E-state index is 0.190. The lowest BCUT2D eigenvalue weighted by molar-refractivity contribution is 0.0268. The fraction of sp³-hybridized carbons (Fsp3) is 0.632. The molecule has 0 radical (unpaired) electrons. The maximum atomic E-state index is 5.44. The fourth-order valence-electron chi connectivity index (χ4n) is 3.79. The van der Waals surface area contributed by atoms with Gasteiger partial charge in [0.05, 0.1) is 5.60 Å². The predicted octanol–water partition coefficient (Wildman–Crippen LogP) is 2.55. The molecule has 3 unspecified atom stereocenters. The molecule has 4 nitrogen and oxygen atoms in total. The number of benzene rings is 1. The predicted molar refractivity (Wildman–Crippen MR) is 94.9 cm³/mol. The fourth-order valence-corrected chi connectivity index (χ4v) is 3.79. The van der Waals surface area contributed by atoms with E-state index in [9.17, 15) is 0 Å². The molecule has 126 valence electrons. The minimum atomic E-state index is -0.190. The van der Waals surface area contributed by atoms with Crippen LogP contribution in [-0.2, 0) is 11.2 Å². The minimum Gasteiger partial charge on any atom is -0.377 e. The highest BCUT2D eigenvalue weighted by Gasteiger charge is 2.52. The van der Waals surface area contributed by atoms with Crippen molar-refractivity contribution >= 4 is 5.96 Å².